The third kappa shape index (κ3) is 5.38. The first-order valence-corrected chi connectivity index (χ1v) is 7.05. The van der Waals surface area contributed by atoms with Crippen molar-refractivity contribution in [3.05, 3.63) is 33.8 Å². The molecule has 100 valence electrons. The zero-order valence-electron chi connectivity index (χ0n) is 10.4. The summed E-state index contributed by atoms with van der Waals surface area (Å²) < 4.78 is 0. The first-order chi connectivity index (χ1) is 8.65. The summed E-state index contributed by atoms with van der Waals surface area (Å²) in [7, 11) is 0. The number of rotatable bonds is 8. The van der Waals surface area contributed by atoms with Crippen molar-refractivity contribution in [2.75, 3.05) is 6.54 Å². The van der Waals surface area contributed by atoms with Crippen LogP contribution >= 0.6 is 23.2 Å². The predicted octanol–water partition coefficient (Wildman–Crippen LogP) is 4.01. The molecule has 0 aliphatic rings. The zero-order valence-corrected chi connectivity index (χ0v) is 11.9. The molecule has 1 aromatic rings. The molecular formula is C14H19Cl2NO. The lowest BCUT2D eigenvalue weighted by molar-refractivity contribution is -0.118. The number of carbonyl (C=O) groups excluding carboxylic acids is 1. The van der Waals surface area contributed by atoms with Gasteiger partial charge < -0.3 is 5.73 Å². The second-order valence-corrected chi connectivity index (χ2v) is 5.17. The highest BCUT2D eigenvalue weighted by Gasteiger charge is 2.09. The van der Waals surface area contributed by atoms with E-state index in [4.69, 9.17) is 28.9 Å². The molecule has 0 aliphatic carbocycles. The second kappa shape index (κ2) is 8.52. The van der Waals surface area contributed by atoms with Gasteiger partial charge in [-0.05, 0) is 31.0 Å². The standard InChI is InChI=1S/C14H19Cl2NO/c15-13-8-5-6-11(14(13)16)10-12(18)7-3-1-2-4-9-17/h5-6,8H,1-4,7,9-10,17H2. The number of carbonyl (C=O) groups is 1. The molecule has 0 atom stereocenters. The fraction of sp³-hybridized carbons (Fsp3) is 0.500. The molecule has 2 nitrogen and oxygen atoms in total. The molecule has 2 N–H and O–H groups in total. The summed E-state index contributed by atoms with van der Waals surface area (Å²) in [6.45, 7) is 0.728. The minimum absolute atomic E-state index is 0.215. The van der Waals surface area contributed by atoms with Crippen molar-refractivity contribution in [1.29, 1.82) is 0 Å². The number of unbranched alkanes of at least 4 members (excludes halogenated alkanes) is 3. The van der Waals surface area contributed by atoms with Crippen LogP contribution in [0.3, 0.4) is 0 Å². The Bertz CT molecular complexity index is 393. The topological polar surface area (TPSA) is 43.1 Å². The van der Waals surface area contributed by atoms with Gasteiger partial charge in [0.1, 0.15) is 5.78 Å². The van der Waals surface area contributed by atoms with Gasteiger partial charge in [-0.15, -0.1) is 0 Å². The molecule has 4 heteroatoms. The van der Waals surface area contributed by atoms with Crippen molar-refractivity contribution >= 4 is 29.0 Å². The maximum atomic E-state index is 11.8. The number of ketones is 1. The van der Waals surface area contributed by atoms with Gasteiger partial charge in [0.25, 0.3) is 0 Å². The van der Waals surface area contributed by atoms with Gasteiger partial charge in [0, 0.05) is 12.8 Å². The molecule has 1 aromatic carbocycles. The smallest absolute Gasteiger partial charge is 0.137 e. The number of hydrogen-bond acceptors (Lipinski definition) is 2. The molecule has 0 saturated carbocycles. The molecule has 0 spiro atoms. The first-order valence-electron chi connectivity index (χ1n) is 6.30. The lowest BCUT2D eigenvalue weighted by atomic mass is 10.0. The first kappa shape index (κ1) is 15.5. The van der Waals surface area contributed by atoms with Gasteiger partial charge in [-0.2, -0.15) is 0 Å². The Hall–Kier alpha value is -0.570. The van der Waals surface area contributed by atoms with Crippen LogP contribution < -0.4 is 5.73 Å². The molecule has 0 aromatic heterocycles. The second-order valence-electron chi connectivity index (χ2n) is 4.38. The Balaban J connectivity index is 2.34. The normalized spacial score (nSPS) is 10.6. The van der Waals surface area contributed by atoms with E-state index in [1.807, 2.05) is 12.1 Å². The molecule has 0 heterocycles. The zero-order chi connectivity index (χ0) is 13.4. The van der Waals surface area contributed by atoms with Gasteiger partial charge in [0.05, 0.1) is 10.0 Å². The fourth-order valence-corrected chi connectivity index (χ4v) is 2.19. The van der Waals surface area contributed by atoms with Crippen LogP contribution in [0.25, 0.3) is 0 Å². The Kier molecular flexibility index (Phi) is 7.33. The molecule has 0 amide bonds. The minimum Gasteiger partial charge on any atom is -0.330 e. The van der Waals surface area contributed by atoms with Crippen LogP contribution in [0.5, 0.6) is 0 Å². The van der Waals surface area contributed by atoms with Crippen LogP contribution in [0.4, 0.5) is 0 Å². The van der Waals surface area contributed by atoms with Gasteiger partial charge in [-0.25, -0.2) is 0 Å². The highest BCUT2D eigenvalue weighted by Crippen LogP contribution is 2.26. The Morgan fingerprint density at radius 2 is 1.83 bits per heavy atom. The average molecular weight is 288 g/mol. The van der Waals surface area contributed by atoms with E-state index in [1.54, 1.807) is 6.07 Å². The van der Waals surface area contributed by atoms with Gasteiger partial charge in [0.15, 0.2) is 0 Å². The van der Waals surface area contributed by atoms with E-state index in [1.165, 1.54) is 0 Å². The van der Waals surface area contributed by atoms with Gasteiger partial charge >= 0.3 is 0 Å². The summed E-state index contributed by atoms with van der Waals surface area (Å²) in [5, 5.41) is 1.00. The highest BCUT2D eigenvalue weighted by atomic mass is 35.5. The Labute approximate surface area is 118 Å². The van der Waals surface area contributed by atoms with E-state index >= 15 is 0 Å². The van der Waals surface area contributed by atoms with Crippen LogP contribution in [0.15, 0.2) is 18.2 Å². The lowest BCUT2D eigenvalue weighted by Gasteiger charge is -2.05. The van der Waals surface area contributed by atoms with Crippen molar-refractivity contribution < 1.29 is 4.79 Å². The maximum Gasteiger partial charge on any atom is 0.137 e. The monoisotopic (exact) mass is 287 g/mol. The fourth-order valence-electron chi connectivity index (χ4n) is 1.81. The summed E-state index contributed by atoms with van der Waals surface area (Å²) in [6.07, 6.45) is 5.10. The quantitative estimate of drug-likeness (QED) is 0.734. The summed E-state index contributed by atoms with van der Waals surface area (Å²) in [6, 6.07) is 5.39. The Morgan fingerprint density at radius 3 is 2.56 bits per heavy atom. The third-order valence-electron chi connectivity index (χ3n) is 2.83. The van der Waals surface area contributed by atoms with E-state index in [2.05, 4.69) is 0 Å². The van der Waals surface area contributed by atoms with Crippen LogP contribution in [0.2, 0.25) is 10.0 Å². The molecular weight excluding hydrogens is 269 g/mol. The predicted molar refractivity (Wildman–Crippen MR) is 77.3 cm³/mol. The number of nitrogens with two attached hydrogens (primary N) is 1. The molecule has 0 aliphatic heterocycles. The lowest BCUT2D eigenvalue weighted by Crippen LogP contribution is -2.03. The number of Topliss-reactive ketones (excluding diaryl/α,β-unsaturated/α-hetero) is 1. The van der Waals surface area contributed by atoms with Gasteiger partial charge in [-0.3, -0.25) is 4.79 Å². The van der Waals surface area contributed by atoms with Crippen molar-refractivity contribution in [2.45, 2.75) is 38.5 Å². The highest BCUT2D eigenvalue weighted by molar-refractivity contribution is 6.42. The molecule has 0 bridgehead atoms. The molecule has 0 unspecified atom stereocenters. The van der Waals surface area contributed by atoms with Crippen molar-refractivity contribution in [3.63, 3.8) is 0 Å². The van der Waals surface area contributed by atoms with E-state index in [0.717, 1.165) is 37.8 Å². The Morgan fingerprint density at radius 1 is 1.11 bits per heavy atom. The molecule has 0 fully saturated rings. The van der Waals surface area contributed by atoms with Crippen LogP contribution in [-0.4, -0.2) is 12.3 Å². The van der Waals surface area contributed by atoms with E-state index in [-0.39, 0.29) is 5.78 Å². The van der Waals surface area contributed by atoms with E-state index in [0.29, 0.717) is 22.9 Å². The SMILES string of the molecule is NCCCCCCC(=O)Cc1cccc(Cl)c1Cl. The van der Waals surface area contributed by atoms with E-state index in [9.17, 15) is 4.79 Å². The molecule has 18 heavy (non-hydrogen) atoms. The van der Waals surface area contributed by atoms with Crippen LogP contribution in [-0.2, 0) is 11.2 Å². The number of benzene rings is 1. The maximum absolute atomic E-state index is 11.8. The number of halogens is 2. The van der Waals surface area contributed by atoms with Crippen molar-refractivity contribution in [1.82, 2.24) is 0 Å². The number of hydrogen-bond donors (Lipinski definition) is 1. The molecule has 0 saturated heterocycles. The minimum atomic E-state index is 0.215. The molecule has 1 rings (SSSR count). The van der Waals surface area contributed by atoms with Gasteiger partial charge in [-0.1, -0.05) is 48.2 Å². The van der Waals surface area contributed by atoms with E-state index < -0.39 is 0 Å². The summed E-state index contributed by atoms with van der Waals surface area (Å²) in [5.74, 6) is 0.215. The third-order valence-corrected chi connectivity index (χ3v) is 3.69. The van der Waals surface area contributed by atoms with Crippen LogP contribution in [0, 0.1) is 0 Å². The summed E-state index contributed by atoms with van der Waals surface area (Å²) in [4.78, 5) is 11.8. The van der Waals surface area contributed by atoms with Crippen molar-refractivity contribution in [3.8, 4) is 0 Å². The van der Waals surface area contributed by atoms with Crippen molar-refractivity contribution in [2.24, 2.45) is 5.73 Å². The summed E-state index contributed by atoms with van der Waals surface area (Å²) in [5.41, 5.74) is 6.23. The van der Waals surface area contributed by atoms with Gasteiger partial charge in [0.2, 0.25) is 0 Å². The van der Waals surface area contributed by atoms with Crippen LogP contribution in [0.1, 0.15) is 37.7 Å². The molecule has 0 radical (unpaired) electrons. The average Bonchev–Trinajstić information content (AvgIpc) is 2.35. The summed E-state index contributed by atoms with van der Waals surface area (Å²) >= 11 is 11.9. The largest absolute Gasteiger partial charge is 0.330 e.